The molecule has 0 spiro atoms. The maximum atomic E-state index is 13.2. The molecular formula is C26H26FN3O2. The van der Waals surface area contributed by atoms with Gasteiger partial charge in [0, 0.05) is 32.5 Å². The number of pyridine rings is 1. The molecule has 1 saturated heterocycles. The van der Waals surface area contributed by atoms with E-state index in [0.29, 0.717) is 25.9 Å². The highest BCUT2D eigenvalue weighted by molar-refractivity contribution is 5.86. The Hall–Kier alpha value is -3.54. The second kappa shape index (κ2) is 9.30. The third kappa shape index (κ3) is 4.54. The van der Waals surface area contributed by atoms with Gasteiger partial charge in [-0.2, -0.15) is 0 Å². The van der Waals surface area contributed by atoms with Crippen molar-refractivity contribution in [2.45, 2.75) is 19.3 Å². The summed E-state index contributed by atoms with van der Waals surface area (Å²) < 4.78 is 13.2. The zero-order valence-electron chi connectivity index (χ0n) is 18.1. The number of nitrogens with one attached hydrogen (secondary N) is 1. The van der Waals surface area contributed by atoms with Crippen molar-refractivity contribution >= 4 is 11.8 Å². The molecule has 3 aromatic rings. The highest BCUT2D eigenvalue weighted by atomic mass is 19.1. The molecule has 2 heterocycles. The quantitative estimate of drug-likeness (QED) is 0.648. The van der Waals surface area contributed by atoms with Crippen LogP contribution in [0.3, 0.4) is 0 Å². The Balaban J connectivity index is 1.57. The Morgan fingerprint density at radius 3 is 2.50 bits per heavy atom. The van der Waals surface area contributed by atoms with Gasteiger partial charge in [-0.15, -0.1) is 0 Å². The molecule has 0 radical (unpaired) electrons. The van der Waals surface area contributed by atoms with Crippen LogP contribution in [0.25, 0.3) is 11.1 Å². The topological polar surface area (TPSA) is 62.3 Å². The van der Waals surface area contributed by atoms with E-state index in [4.69, 9.17) is 0 Å². The molecule has 1 atom stereocenters. The average molecular weight is 432 g/mol. The van der Waals surface area contributed by atoms with Crippen molar-refractivity contribution in [3.63, 3.8) is 0 Å². The van der Waals surface area contributed by atoms with E-state index in [1.54, 1.807) is 36.5 Å². The van der Waals surface area contributed by atoms with E-state index in [1.807, 2.05) is 30.3 Å². The van der Waals surface area contributed by atoms with Gasteiger partial charge in [0.2, 0.25) is 11.8 Å². The van der Waals surface area contributed by atoms with Gasteiger partial charge in [0.1, 0.15) is 5.82 Å². The highest BCUT2D eigenvalue weighted by Crippen LogP contribution is 2.37. The summed E-state index contributed by atoms with van der Waals surface area (Å²) in [7, 11) is 1.64. The summed E-state index contributed by atoms with van der Waals surface area (Å²) in [5.74, 6) is -0.433. The van der Waals surface area contributed by atoms with Crippen LogP contribution in [0.5, 0.6) is 0 Å². The van der Waals surface area contributed by atoms with Crippen LogP contribution in [-0.4, -0.2) is 41.8 Å². The van der Waals surface area contributed by atoms with Gasteiger partial charge < -0.3 is 10.2 Å². The number of benzene rings is 2. The largest absolute Gasteiger partial charge is 0.359 e. The molecule has 0 aliphatic carbocycles. The minimum absolute atomic E-state index is 0.0511. The second-order valence-corrected chi connectivity index (χ2v) is 8.30. The molecule has 6 heteroatoms. The van der Waals surface area contributed by atoms with Crippen molar-refractivity contribution in [2.75, 3.05) is 20.1 Å². The van der Waals surface area contributed by atoms with Crippen LogP contribution in [-0.2, 0) is 22.4 Å². The standard InChI is InChI=1S/C26H26FN3O2/c1-28-25(32)26(17-21-4-2-3-5-23(21)20-10-13-29-14-11-20)12-15-30(18-26)24(31)16-19-6-8-22(27)9-7-19/h2-11,13-14H,12,15-18H2,1H3,(H,28,32). The van der Waals surface area contributed by atoms with E-state index >= 15 is 0 Å². The van der Waals surface area contributed by atoms with Gasteiger partial charge >= 0.3 is 0 Å². The molecule has 1 fully saturated rings. The summed E-state index contributed by atoms with van der Waals surface area (Å²) in [6, 6.07) is 17.9. The van der Waals surface area contributed by atoms with Gasteiger partial charge in [-0.05, 0) is 59.4 Å². The minimum Gasteiger partial charge on any atom is -0.359 e. The maximum absolute atomic E-state index is 13.2. The number of aromatic nitrogens is 1. The van der Waals surface area contributed by atoms with Gasteiger partial charge in [0.15, 0.2) is 0 Å². The molecule has 4 rings (SSSR count). The molecule has 32 heavy (non-hydrogen) atoms. The summed E-state index contributed by atoms with van der Waals surface area (Å²) in [5, 5.41) is 2.81. The molecule has 1 N–H and O–H groups in total. The smallest absolute Gasteiger partial charge is 0.228 e. The van der Waals surface area contributed by atoms with Crippen molar-refractivity contribution < 1.29 is 14.0 Å². The summed E-state index contributed by atoms with van der Waals surface area (Å²) in [6.07, 6.45) is 4.83. The predicted octanol–water partition coefficient (Wildman–Crippen LogP) is 3.64. The molecule has 1 aromatic heterocycles. The number of likely N-dealkylation sites (tertiary alicyclic amines) is 1. The molecular weight excluding hydrogens is 405 g/mol. The fraction of sp³-hybridized carbons (Fsp3) is 0.269. The number of rotatable bonds is 6. The van der Waals surface area contributed by atoms with E-state index < -0.39 is 5.41 Å². The average Bonchev–Trinajstić information content (AvgIpc) is 3.26. The predicted molar refractivity (Wildman–Crippen MR) is 121 cm³/mol. The van der Waals surface area contributed by atoms with Crippen molar-refractivity contribution in [1.82, 2.24) is 15.2 Å². The molecule has 2 aromatic carbocycles. The molecule has 164 valence electrons. The van der Waals surface area contributed by atoms with Crippen LogP contribution in [0.2, 0.25) is 0 Å². The lowest BCUT2D eigenvalue weighted by molar-refractivity contribution is -0.132. The maximum Gasteiger partial charge on any atom is 0.228 e. The van der Waals surface area contributed by atoms with Crippen molar-refractivity contribution in [3.05, 3.63) is 90.0 Å². The van der Waals surface area contributed by atoms with E-state index in [0.717, 1.165) is 22.3 Å². The molecule has 0 saturated carbocycles. The molecule has 0 bridgehead atoms. The van der Waals surface area contributed by atoms with Gasteiger partial charge in [0.05, 0.1) is 11.8 Å². The third-order valence-corrected chi connectivity index (χ3v) is 6.22. The SMILES string of the molecule is CNC(=O)C1(Cc2ccccc2-c2ccncc2)CCN(C(=O)Cc2ccc(F)cc2)C1. The molecule has 2 amide bonds. The summed E-state index contributed by atoms with van der Waals surface area (Å²) in [5.41, 5.74) is 3.24. The van der Waals surface area contributed by atoms with Gasteiger partial charge in [0.25, 0.3) is 0 Å². The first-order valence-corrected chi connectivity index (χ1v) is 10.7. The van der Waals surface area contributed by atoms with Crippen LogP contribution in [0.1, 0.15) is 17.5 Å². The Morgan fingerprint density at radius 1 is 1.06 bits per heavy atom. The number of hydrogen-bond acceptors (Lipinski definition) is 3. The second-order valence-electron chi connectivity index (χ2n) is 8.30. The fourth-order valence-corrected chi connectivity index (χ4v) is 4.50. The van der Waals surface area contributed by atoms with Gasteiger partial charge in [-0.1, -0.05) is 36.4 Å². The zero-order valence-corrected chi connectivity index (χ0v) is 18.1. The number of nitrogens with zero attached hydrogens (tertiary/aromatic N) is 2. The van der Waals surface area contributed by atoms with Crippen molar-refractivity contribution in [1.29, 1.82) is 0 Å². The molecule has 1 unspecified atom stereocenters. The van der Waals surface area contributed by atoms with Crippen LogP contribution >= 0.6 is 0 Å². The number of carbonyl (C=O) groups is 2. The first-order chi connectivity index (χ1) is 15.5. The van der Waals surface area contributed by atoms with Crippen molar-refractivity contribution in [2.24, 2.45) is 5.41 Å². The lowest BCUT2D eigenvalue weighted by Crippen LogP contribution is -2.44. The first-order valence-electron chi connectivity index (χ1n) is 10.7. The normalized spacial score (nSPS) is 17.9. The number of halogens is 1. The highest BCUT2D eigenvalue weighted by Gasteiger charge is 2.45. The third-order valence-electron chi connectivity index (χ3n) is 6.22. The molecule has 1 aliphatic heterocycles. The summed E-state index contributed by atoms with van der Waals surface area (Å²) in [6.45, 7) is 0.877. The Kier molecular flexibility index (Phi) is 6.30. The lowest BCUT2D eigenvalue weighted by Gasteiger charge is -2.28. The monoisotopic (exact) mass is 431 g/mol. The van der Waals surface area contributed by atoms with Crippen LogP contribution < -0.4 is 5.32 Å². The van der Waals surface area contributed by atoms with E-state index in [1.165, 1.54) is 12.1 Å². The Morgan fingerprint density at radius 2 is 1.78 bits per heavy atom. The number of hydrogen-bond donors (Lipinski definition) is 1. The van der Waals surface area contributed by atoms with E-state index in [2.05, 4.69) is 16.4 Å². The molecule has 1 aliphatic rings. The minimum atomic E-state index is -0.698. The summed E-state index contributed by atoms with van der Waals surface area (Å²) >= 11 is 0. The molecule has 5 nitrogen and oxygen atoms in total. The van der Waals surface area contributed by atoms with Crippen LogP contribution in [0.4, 0.5) is 4.39 Å². The first kappa shape index (κ1) is 21.7. The van der Waals surface area contributed by atoms with Gasteiger partial charge in [-0.3, -0.25) is 14.6 Å². The number of amides is 2. The Labute approximate surface area is 187 Å². The van der Waals surface area contributed by atoms with E-state index in [-0.39, 0.29) is 24.1 Å². The van der Waals surface area contributed by atoms with Crippen LogP contribution in [0.15, 0.2) is 73.1 Å². The Bertz CT molecular complexity index is 1100. The fourth-order valence-electron chi connectivity index (χ4n) is 4.50. The van der Waals surface area contributed by atoms with Crippen molar-refractivity contribution in [3.8, 4) is 11.1 Å². The van der Waals surface area contributed by atoms with Gasteiger partial charge in [-0.25, -0.2) is 4.39 Å². The number of carbonyl (C=O) groups excluding carboxylic acids is 2. The lowest BCUT2D eigenvalue weighted by atomic mass is 9.78. The zero-order chi connectivity index (χ0) is 22.6. The summed E-state index contributed by atoms with van der Waals surface area (Å²) in [4.78, 5) is 31.8. The van der Waals surface area contributed by atoms with E-state index in [9.17, 15) is 14.0 Å². The van der Waals surface area contributed by atoms with Crippen LogP contribution in [0, 0.1) is 11.2 Å².